The van der Waals surface area contributed by atoms with E-state index in [0.29, 0.717) is 25.7 Å². The Morgan fingerprint density at radius 3 is 0.567 bits per heavy atom. The van der Waals surface area contributed by atoms with Crippen LogP contribution in [0.2, 0.25) is 0 Å². The maximum absolute atomic E-state index is 13.1. The molecule has 0 aliphatic heterocycles. The highest BCUT2D eigenvalue weighted by Crippen LogP contribution is 2.45. The summed E-state index contributed by atoms with van der Waals surface area (Å²) in [4.78, 5) is 73.1. The summed E-state index contributed by atoms with van der Waals surface area (Å²) in [6.07, 6.45) is 73.6. The Morgan fingerprint density at radius 2 is 0.385 bits per heavy atom. The SMILES string of the molecule is CCCCCCCCCCCCCCCCCCCCCC(=O)O[C@H](COC(=O)CCCCCCCCCCCCCCCCCCCC)COP(=O)(O)OC[C@@H](O)COP(=O)(O)OC[C@@H](COC(=O)CCCCCCCCCCC)OC(=O)CCCCCCCCCCCCCCCCCCCC. The van der Waals surface area contributed by atoms with Crippen LogP contribution in [0.4, 0.5) is 0 Å². The zero-order chi connectivity index (χ0) is 76.0. The predicted octanol–water partition coefficient (Wildman–Crippen LogP) is 26.1. The average molecular weight is 1520 g/mol. The molecule has 0 fully saturated rings. The number of hydrogen-bond donors (Lipinski definition) is 3. The van der Waals surface area contributed by atoms with Gasteiger partial charge in [0, 0.05) is 25.7 Å². The standard InChI is InChI=1S/C85H166O17P2/c1-5-9-13-17-21-25-28-31-34-37-40-43-46-49-52-56-60-64-68-72-85(90)102-81(76-96-83(88)70-66-62-58-54-50-47-44-41-38-35-32-29-26-22-18-14-10-6-2)78-100-104(93,94)98-74-79(86)73-97-103(91,92)99-77-80(75-95-82(87)69-65-61-57-53-24-20-16-12-8-4)101-84(89)71-67-63-59-55-51-48-45-42-39-36-33-30-27-23-19-15-11-7-3/h79-81,86H,5-78H2,1-4H3,(H,91,92)(H,93,94)/t79-,80+,81+/m0/s1. The van der Waals surface area contributed by atoms with Gasteiger partial charge < -0.3 is 33.8 Å². The number of unbranched alkanes of at least 4 members (excludes halogenated alkanes) is 60. The van der Waals surface area contributed by atoms with Gasteiger partial charge in [-0.25, -0.2) is 9.13 Å². The highest BCUT2D eigenvalue weighted by atomic mass is 31.2. The Labute approximate surface area is 638 Å². The Bertz CT molecular complexity index is 1960. The molecule has 0 amide bonds. The van der Waals surface area contributed by atoms with Gasteiger partial charge in [0.15, 0.2) is 12.2 Å². The molecular weight excluding hydrogens is 1350 g/mol. The molecule has 17 nitrogen and oxygen atoms in total. The maximum atomic E-state index is 13.1. The third-order valence-corrected chi connectivity index (χ3v) is 22.0. The number of carbonyl (C=O) groups excluding carboxylic acids is 4. The fourth-order valence-electron chi connectivity index (χ4n) is 13.3. The lowest BCUT2D eigenvalue weighted by molar-refractivity contribution is -0.161. The molecule has 19 heteroatoms. The summed E-state index contributed by atoms with van der Waals surface area (Å²) in [5.41, 5.74) is 0. The minimum atomic E-state index is -4.96. The van der Waals surface area contributed by atoms with Gasteiger partial charge in [0.1, 0.15) is 19.3 Å². The van der Waals surface area contributed by atoms with E-state index in [4.69, 9.17) is 37.0 Å². The minimum absolute atomic E-state index is 0.109. The van der Waals surface area contributed by atoms with Gasteiger partial charge in [0.05, 0.1) is 26.4 Å². The number of aliphatic hydroxyl groups is 1. The normalized spacial score (nSPS) is 13.7. The molecule has 618 valence electrons. The largest absolute Gasteiger partial charge is 0.472 e. The summed E-state index contributed by atoms with van der Waals surface area (Å²) < 4.78 is 68.8. The maximum Gasteiger partial charge on any atom is 0.472 e. The van der Waals surface area contributed by atoms with Crippen molar-refractivity contribution in [1.29, 1.82) is 0 Å². The van der Waals surface area contributed by atoms with Crippen molar-refractivity contribution in [1.82, 2.24) is 0 Å². The zero-order valence-electron chi connectivity index (χ0n) is 68.0. The van der Waals surface area contributed by atoms with E-state index in [0.717, 1.165) is 89.9 Å². The van der Waals surface area contributed by atoms with E-state index < -0.39 is 97.5 Å². The van der Waals surface area contributed by atoms with Crippen LogP contribution in [0.25, 0.3) is 0 Å². The van der Waals surface area contributed by atoms with Gasteiger partial charge in [0.2, 0.25) is 0 Å². The Morgan fingerprint density at radius 1 is 0.231 bits per heavy atom. The van der Waals surface area contributed by atoms with E-state index in [1.165, 1.54) is 295 Å². The van der Waals surface area contributed by atoms with Gasteiger partial charge in [-0.2, -0.15) is 0 Å². The number of rotatable bonds is 86. The van der Waals surface area contributed by atoms with Crippen LogP contribution in [0.5, 0.6) is 0 Å². The molecule has 0 radical (unpaired) electrons. The number of ether oxygens (including phenoxy) is 4. The van der Waals surface area contributed by atoms with Crippen LogP contribution in [0.1, 0.15) is 464 Å². The summed E-state index contributed by atoms with van der Waals surface area (Å²) in [7, 11) is -9.92. The van der Waals surface area contributed by atoms with Gasteiger partial charge in [-0.3, -0.25) is 37.3 Å². The molecule has 0 bridgehead atoms. The lowest BCUT2D eigenvalue weighted by Gasteiger charge is -2.21. The molecular formula is C85H166O17P2. The van der Waals surface area contributed by atoms with Crippen molar-refractivity contribution in [2.75, 3.05) is 39.6 Å². The lowest BCUT2D eigenvalue weighted by Crippen LogP contribution is -2.30. The van der Waals surface area contributed by atoms with Crippen molar-refractivity contribution >= 4 is 39.5 Å². The molecule has 0 saturated carbocycles. The van der Waals surface area contributed by atoms with E-state index >= 15 is 0 Å². The van der Waals surface area contributed by atoms with E-state index in [2.05, 4.69) is 27.7 Å². The van der Waals surface area contributed by atoms with Crippen molar-refractivity contribution in [2.24, 2.45) is 0 Å². The topological polar surface area (TPSA) is 237 Å². The van der Waals surface area contributed by atoms with E-state index in [9.17, 15) is 43.2 Å². The summed E-state index contributed by atoms with van der Waals surface area (Å²) in [5.74, 6) is -2.10. The summed E-state index contributed by atoms with van der Waals surface area (Å²) in [5, 5.41) is 10.7. The predicted molar refractivity (Wildman–Crippen MR) is 428 cm³/mol. The summed E-state index contributed by atoms with van der Waals surface area (Å²) >= 11 is 0. The first-order chi connectivity index (χ1) is 50.7. The van der Waals surface area contributed by atoms with Crippen molar-refractivity contribution in [3.05, 3.63) is 0 Å². The zero-order valence-corrected chi connectivity index (χ0v) is 69.8. The first kappa shape index (κ1) is 102. The number of hydrogen-bond acceptors (Lipinski definition) is 15. The van der Waals surface area contributed by atoms with Crippen LogP contribution in [-0.2, 0) is 65.4 Å². The van der Waals surface area contributed by atoms with Gasteiger partial charge >= 0.3 is 39.5 Å². The highest BCUT2D eigenvalue weighted by molar-refractivity contribution is 7.47. The molecule has 0 aromatic rings. The first-order valence-corrected chi connectivity index (χ1v) is 47.3. The second-order valence-electron chi connectivity index (χ2n) is 30.6. The van der Waals surface area contributed by atoms with Gasteiger partial charge in [0.25, 0.3) is 0 Å². The lowest BCUT2D eigenvalue weighted by atomic mass is 10.0. The minimum Gasteiger partial charge on any atom is -0.462 e. The molecule has 2 unspecified atom stereocenters. The Hall–Kier alpha value is -1.94. The second-order valence-corrected chi connectivity index (χ2v) is 33.5. The van der Waals surface area contributed by atoms with Crippen LogP contribution in [0.3, 0.4) is 0 Å². The third kappa shape index (κ3) is 78.2. The molecule has 0 aliphatic rings. The molecule has 5 atom stereocenters. The van der Waals surface area contributed by atoms with Crippen LogP contribution >= 0.6 is 15.6 Å². The summed E-state index contributed by atoms with van der Waals surface area (Å²) in [6, 6.07) is 0. The summed E-state index contributed by atoms with van der Waals surface area (Å²) in [6.45, 7) is 5.04. The van der Waals surface area contributed by atoms with Crippen LogP contribution in [-0.4, -0.2) is 96.7 Å². The van der Waals surface area contributed by atoms with Crippen LogP contribution in [0.15, 0.2) is 0 Å². The van der Waals surface area contributed by atoms with Crippen molar-refractivity contribution in [2.45, 2.75) is 483 Å². The molecule has 3 N–H and O–H groups in total. The highest BCUT2D eigenvalue weighted by Gasteiger charge is 2.30. The molecule has 0 aromatic carbocycles. The fourth-order valence-corrected chi connectivity index (χ4v) is 14.9. The number of carbonyl (C=O) groups is 4. The Kier molecular flexibility index (Phi) is 77.7. The average Bonchev–Trinajstić information content (AvgIpc) is 0.938. The van der Waals surface area contributed by atoms with E-state index in [1.807, 2.05) is 0 Å². The number of esters is 4. The monoisotopic (exact) mass is 1520 g/mol. The molecule has 0 spiro atoms. The fraction of sp³-hybridized carbons (Fsp3) is 0.953. The van der Waals surface area contributed by atoms with Gasteiger partial charge in [-0.15, -0.1) is 0 Å². The molecule has 0 saturated heterocycles. The third-order valence-electron chi connectivity index (χ3n) is 20.1. The molecule has 0 heterocycles. The quantitative estimate of drug-likeness (QED) is 0.0222. The van der Waals surface area contributed by atoms with Crippen molar-refractivity contribution in [3.8, 4) is 0 Å². The van der Waals surface area contributed by atoms with E-state index in [1.54, 1.807) is 0 Å². The van der Waals surface area contributed by atoms with Crippen molar-refractivity contribution in [3.63, 3.8) is 0 Å². The van der Waals surface area contributed by atoms with E-state index in [-0.39, 0.29) is 25.7 Å². The Balaban J connectivity index is 5.20. The van der Waals surface area contributed by atoms with Crippen LogP contribution < -0.4 is 0 Å². The smallest absolute Gasteiger partial charge is 0.462 e. The second kappa shape index (κ2) is 79.2. The molecule has 0 aliphatic carbocycles. The molecule has 104 heavy (non-hydrogen) atoms. The number of aliphatic hydroxyl groups excluding tert-OH is 1. The van der Waals surface area contributed by atoms with Gasteiger partial charge in [-0.05, 0) is 25.7 Å². The first-order valence-electron chi connectivity index (χ1n) is 44.3. The molecule has 0 aromatic heterocycles. The number of phosphoric acid groups is 2. The van der Waals surface area contributed by atoms with Crippen LogP contribution in [0, 0.1) is 0 Å². The molecule has 0 rings (SSSR count). The van der Waals surface area contributed by atoms with Crippen molar-refractivity contribution < 1.29 is 80.2 Å². The number of phosphoric ester groups is 2. The van der Waals surface area contributed by atoms with Gasteiger partial charge in [-0.1, -0.05) is 413 Å².